The topological polar surface area (TPSA) is 73.7 Å². The van der Waals surface area contributed by atoms with Crippen molar-refractivity contribution in [3.63, 3.8) is 0 Å². The van der Waals surface area contributed by atoms with Gasteiger partial charge in [-0.3, -0.25) is 0 Å². The average Bonchev–Trinajstić information content (AvgIpc) is 3.12. The number of benzene rings is 3. The van der Waals surface area contributed by atoms with Gasteiger partial charge >= 0.3 is 0 Å². The van der Waals surface area contributed by atoms with Crippen molar-refractivity contribution in [3.05, 3.63) is 106 Å². The molecule has 0 bridgehead atoms. The molecule has 7 nitrogen and oxygen atoms in total. The molecule has 4 rings (SSSR count). The van der Waals surface area contributed by atoms with E-state index in [1.54, 1.807) is 0 Å². The van der Waals surface area contributed by atoms with E-state index < -0.39 is 0 Å². The van der Waals surface area contributed by atoms with Crippen LogP contribution in [0.1, 0.15) is 11.1 Å². The molecule has 0 fully saturated rings. The van der Waals surface area contributed by atoms with Gasteiger partial charge in [0, 0.05) is 24.5 Å². The van der Waals surface area contributed by atoms with Crippen molar-refractivity contribution in [2.75, 3.05) is 36.2 Å². The average molecular weight is 430 g/mol. The minimum Gasteiger partial charge on any atom is -0.379 e. The summed E-state index contributed by atoms with van der Waals surface area (Å²) in [5.41, 5.74) is 13.1. The van der Waals surface area contributed by atoms with Gasteiger partial charge in [0.15, 0.2) is 0 Å². The fraction of sp³-hybridized carbons (Fsp3) is 0.280. The lowest BCUT2D eigenvalue weighted by atomic mass is 10.2. The molecule has 32 heavy (non-hydrogen) atoms. The Bertz CT molecular complexity index is 956. The summed E-state index contributed by atoms with van der Waals surface area (Å²) in [6.45, 7) is 3.07. The molecule has 7 heteroatoms. The lowest BCUT2D eigenvalue weighted by Crippen LogP contribution is -2.45. The Balaban J connectivity index is 1.54. The highest BCUT2D eigenvalue weighted by molar-refractivity contribution is 5.77. The van der Waals surface area contributed by atoms with E-state index in [0.717, 1.165) is 24.5 Å². The smallest absolute Gasteiger partial charge is 0.211 e. The van der Waals surface area contributed by atoms with Gasteiger partial charge in [-0.05, 0) is 28.8 Å². The van der Waals surface area contributed by atoms with Crippen LogP contribution in [0.25, 0.3) is 10.4 Å². The third-order valence-electron chi connectivity index (χ3n) is 5.32. The molecule has 0 aromatic heterocycles. The Morgan fingerprint density at radius 3 is 1.78 bits per heavy atom. The lowest BCUT2D eigenvalue weighted by Gasteiger charge is -2.33. The maximum absolute atomic E-state index is 8.37. The normalized spacial score (nSPS) is 13.1. The molecule has 0 atom stereocenters. The van der Waals surface area contributed by atoms with Crippen molar-refractivity contribution in [1.29, 1.82) is 0 Å². The van der Waals surface area contributed by atoms with E-state index in [4.69, 9.17) is 15.0 Å². The largest absolute Gasteiger partial charge is 0.379 e. The zero-order valence-electron chi connectivity index (χ0n) is 18.0. The van der Waals surface area contributed by atoms with Crippen LogP contribution in [-0.2, 0) is 22.6 Å². The van der Waals surface area contributed by atoms with Gasteiger partial charge in [-0.1, -0.05) is 77.9 Å². The Hall–Kier alpha value is -3.51. The number of nitrogens with zero attached hydrogens (tertiary/aromatic N) is 5. The van der Waals surface area contributed by atoms with Gasteiger partial charge in [0.2, 0.25) is 6.35 Å². The summed E-state index contributed by atoms with van der Waals surface area (Å²) in [4.78, 5) is 7.34. The van der Waals surface area contributed by atoms with Crippen molar-refractivity contribution in [2.24, 2.45) is 5.11 Å². The molecule has 164 valence electrons. The molecular formula is C25H27N5O2. The quantitative estimate of drug-likeness (QED) is 0.178. The Labute approximate surface area is 188 Å². The van der Waals surface area contributed by atoms with Crippen molar-refractivity contribution in [3.8, 4) is 0 Å². The van der Waals surface area contributed by atoms with Crippen molar-refractivity contribution < 1.29 is 9.47 Å². The van der Waals surface area contributed by atoms with Crippen molar-refractivity contribution in [1.82, 2.24) is 0 Å². The monoisotopic (exact) mass is 429 g/mol. The van der Waals surface area contributed by atoms with Gasteiger partial charge in [0.25, 0.3) is 0 Å². The maximum atomic E-state index is 8.37. The lowest BCUT2D eigenvalue weighted by molar-refractivity contribution is 0.00575. The molecule has 0 saturated heterocycles. The Kier molecular flexibility index (Phi) is 7.60. The summed E-state index contributed by atoms with van der Waals surface area (Å²) < 4.78 is 11.9. The Morgan fingerprint density at radius 1 is 0.719 bits per heavy atom. The second-order valence-corrected chi connectivity index (χ2v) is 7.48. The number of fused-ring (bicyclic) bond motifs is 1. The van der Waals surface area contributed by atoms with Crippen LogP contribution in [-0.4, -0.2) is 32.7 Å². The van der Waals surface area contributed by atoms with Gasteiger partial charge in [0.05, 0.1) is 31.2 Å². The van der Waals surface area contributed by atoms with Crippen LogP contribution in [0.3, 0.4) is 0 Å². The second-order valence-electron chi connectivity index (χ2n) is 7.48. The first-order valence-corrected chi connectivity index (χ1v) is 10.8. The molecule has 1 heterocycles. The first-order valence-electron chi connectivity index (χ1n) is 10.8. The third kappa shape index (κ3) is 5.39. The summed E-state index contributed by atoms with van der Waals surface area (Å²) in [5.74, 6) is 0. The number of ether oxygens (including phenoxy) is 2. The van der Waals surface area contributed by atoms with Gasteiger partial charge in [0.1, 0.15) is 0 Å². The highest BCUT2D eigenvalue weighted by atomic mass is 16.5. The molecule has 0 aliphatic carbocycles. The van der Waals surface area contributed by atoms with E-state index in [9.17, 15) is 0 Å². The van der Waals surface area contributed by atoms with E-state index in [2.05, 4.69) is 92.6 Å². The van der Waals surface area contributed by atoms with E-state index in [-0.39, 0.29) is 6.35 Å². The maximum Gasteiger partial charge on any atom is 0.211 e. The molecule has 1 aliphatic heterocycles. The number of para-hydroxylation sites is 2. The third-order valence-corrected chi connectivity index (χ3v) is 5.32. The summed E-state index contributed by atoms with van der Waals surface area (Å²) in [6, 6.07) is 29.3. The van der Waals surface area contributed by atoms with Crippen LogP contribution < -0.4 is 9.80 Å². The van der Waals surface area contributed by atoms with Crippen LogP contribution in [0.4, 0.5) is 11.4 Å². The summed E-state index contributed by atoms with van der Waals surface area (Å²) in [5, 5.41) is 3.49. The summed E-state index contributed by atoms with van der Waals surface area (Å²) >= 11 is 0. The number of anilines is 2. The van der Waals surface area contributed by atoms with E-state index in [0.29, 0.717) is 26.4 Å². The van der Waals surface area contributed by atoms with Gasteiger partial charge in [-0.15, -0.1) is 0 Å². The Morgan fingerprint density at radius 2 is 1.25 bits per heavy atom. The van der Waals surface area contributed by atoms with Crippen LogP contribution in [0, 0.1) is 0 Å². The molecule has 1 aliphatic rings. The molecule has 0 amide bonds. The van der Waals surface area contributed by atoms with E-state index in [1.165, 1.54) is 11.1 Å². The zero-order chi connectivity index (χ0) is 22.0. The van der Waals surface area contributed by atoms with Crippen molar-refractivity contribution in [2.45, 2.75) is 19.4 Å². The zero-order valence-corrected chi connectivity index (χ0v) is 18.0. The molecule has 3 aromatic rings. The predicted molar refractivity (Wildman–Crippen MR) is 126 cm³/mol. The number of hydrogen-bond acceptors (Lipinski definition) is 5. The highest BCUT2D eigenvalue weighted by Gasteiger charge is 2.36. The number of rotatable bonds is 11. The highest BCUT2D eigenvalue weighted by Crippen LogP contribution is 2.41. The molecule has 0 radical (unpaired) electrons. The number of azide groups is 1. The fourth-order valence-corrected chi connectivity index (χ4v) is 3.89. The van der Waals surface area contributed by atoms with E-state index >= 15 is 0 Å². The van der Waals surface area contributed by atoms with Crippen LogP contribution >= 0.6 is 0 Å². The summed E-state index contributed by atoms with van der Waals surface area (Å²) in [6.07, 6.45) is -0.256. The van der Waals surface area contributed by atoms with Crippen LogP contribution in [0.5, 0.6) is 0 Å². The fourth-order valence-electron chi connectivity index (χ4n) is 3.89. The molecular weight excluding hydrogens is 402 g/mol. The minimum absolute atomic E-state index is 0.256. The first kappa shape index (κ1) is 21.7. The standard InChI is InChI=1S/C25H27N5O2/c26-28-27-15-16-31-17-18-32-25-29(19-21-9-3-1-4-10-21)23-13-7-8-14-24(23)30(25)20-22-11-5-2-6-12-22/h1-14,25H,15-20H2. The summed E-state index contributed by atoms with van der Waals surface area (Å²) in [7, 11) is 0. The molecule has 0 saturated carbocycles. The van der Waals surface area contributed by atoms with Gasteiger partial charge in [-0.25, -0.2) is 0 Å². The molecule has 0 N–H and O–H groups in total. The van der Waals surface area contributed by atoms with E-state index in [1.807, 2.05) is 12.1 Å². The number of hydrogen-bond donors (Lipinski definition) is 0. The van der Waals surface area contributed by atoms with Crippen molar-refractivity contribution >= 4 is 11.4 Å². The van der Waals surface area contributed by atoms with Crippen LogP contribution in [0.15, 0.2) is 90.0 Å². The SMILES string of the molecule is [N-]=[N+]=NCCOCCOC1N(Cc2ccccc2)c2ccccc2N1Cc1ccccc1. The molecule has 3 aromatic carbocycles. The van der Waals surface area contributed by atoms with Crippen LogP contribution in [0.2, 0.25) is 0 Å². The molecule has 0 unspecified atom stereocenters. The minimum atomic E-state index is -0.256. The first-order chi connectivity index (χ1) is 15.9. The van der Waals surface area contributed by atoms with Gasteiger partial charge < -0.3 is 19.3 Å². The molecule has 0 spiro atoms. The predicted octanol–water partition coefficient (Wildman–Crippen LogP) is 5.34. The van der Waals surface area contributed by atoms with Gasteiger partial charge in [-0.2, -0.15) is 0 Å². The second kappa shape index (κ2) is 11.2.